The number of aliphatic hydroxyl groups excluding tert-OH is 2. The third-order valence-electron chi connectivity index (χ3n) is 6.66. The lowest BCUT2D eigenvalue weighted by atomic mass is 10.1. The van der Waals surface area contributed by atoms with Gasteiger partial charge in [-0.3, -0.25) is 18.7 Å². The first-order valence-corrected chi connectivity index (χ1v) is 12.9. The molecule has 2 aromatic carbocycles. The van der Waals surface area contributed by atoms with Gasteiger partial charge in [-0.05, 0) is 48.9 Å². The van der Waals surface area contributed by atoms with E-state index in [0.29, 0.717) is 29.9 Å². The third-order valence-corrected chi connectivity index (χ3v) is 6.66. The Morgan fingerprint density at radius 2 is 1.61 bits per heavy atom. The van der Waals surface area contributed by atoms with Crippen molar-refractivity contribution in [1.82, 2.24) is 23.5 Å². The van der Waals surface area contributed by atoms with Crippen molar-refractivity contribution >= 4 is 22.6 Å². The first-order valence-electron chi connectivity index (χ1n) is 12.9. The first-order chi connectivity index (χ1) is 18.6. The number of aromatic amines is 1. The fourth-order valence-electron chi connectivity index (χ4n) is 4.71. The molecule has 3 heterocycles. The lowest BCUT2D eigenvalue weighted by Gasteiger charge is -2.10. The second kappa shape index (κ2) is 11.5. The number of anilines is 1. The number of rotatable bonds is 12. The smallest absolute Gasteiger partial charge is 0.330 e. The number of imidazole rings is 2. The van der Waals surface area contributed by atoms with Crippen LogP contribution in [0.1, 0.15) is 31.2 Å². The highest BCUT2D eigenvalue weighted by Crippen LogP contribution is 2.27. The quantitative estimate of drug-likeness (QED) is 0.189. The van der Waals surface area contributed by atoms with E-state index < -0.39 is 11.2 Å². The average molecular weight is 517 g/mol. The molecule has 3 aromatic heterocycles. The minimum absolute atomic E-state index is 0.0935. The summed E-state index contributed by atoms with van der Waals surface area (Å²) in [6.45, 7) is 1.95. The Morgan fingerprint density at radius 3 is 2.34 bits per heavy atom. The van der Waals surface area contributed by atoms with Crippen LogP contribution in [0.5, 0.6) is 0 Å². The molecule has 0 spiro atoms. The molecule has 0 radical (unpaired) electrons. The lowest BCUT2D eigenvalue weighted by molar-refractivity contribution is 0.281. The highest BCUT2D eigenvalue weighted by atomic mass is 16.3. The standard InChI is InChI=1S/C28H32N6O4/c35-16-6-4-14-29-22-12-10-21(11-13-22)23-19-33-24-25(30-27(33)32(23)15-5-7-17-36)34(28(38)31-26(24)37)18-20-8-2-1-3-9-20/h1-3,8-13,19,29,35-36H,4-7,14-18H2,(H,31,37,38). The summed E-state index contributed by atoms with van der Waals surface area (Å²) in [4.78, 5) is 33.1. The van der Waals surface area contributed by atoms with Crippen LogP contribution >= 0.6 is 0 Å². The fraction of sp³-hybridized carbons (Fsp3) is 0.321. The Morgan fingerprint density at radius 1 is 0.868 bits per heavy atom. The van der Waals surface area contributed by atoms with Crippen molar-refractivity contribution in [2.24, 2.45) is 0 Å². The number of hydrogen-bond donors (Lipinski definition) is 4. The van der Waals surface area contributed by atoms with E-state index in [9.17, 15) is 14.7 Å². The number of benzene rings is 2. The van der Waals surface area contributed by atoms with E-state index in [-0.39, 0.29) is 19.8 Å². The molecule has 0 saturated heterocycles. The molecule has 0 aliphatic carbocycles. The molecular weight excluding hydrogens is 484 g/mol. The van der Waals surface area contributed by atoms with Gasteiger partial charge in [-0.15, -0.1) is 0 Å². The van der Waals surface area contributed by atoms with Crippen molar-refractivity contribution in [2.75, 3.05) is 25.1 Å². The van der Waals surface area contributed by atoms with Gasteiger partial charge >= 0.3 is 5.69 Å². The van der Waals surface area contributed by atoms with Gasteiger partial charge in [-0.25, -0.2) is 4.79 Å². The zero-order chi connectivity index (χ0) is 26.5. The normalized spacial score (nSPS) is 11.5. The minimum atomic E-state index is -0.499. The van der Waals surface area contributed by atoms with Gasteiger partial charge in [0.05, 0.1) is 12.2 Å². The summed E-state index contributed by atoms with van der Waals surface area (Å²) in [7, 11) is 0. The van der Waals surface area contributed by atoms with Gasteiger partial charge < -0.3 is 20.1 Å². The third kappa shape index (κ3) is 5.13. The van der Waals surface area contributed by atoms with Gasteiger partial charge in [-0.2, -0.15) is 4.98 Å². The van der Waals surface area contributed by atoms with Crippen LogP contribution in [0.4, 0.5) is 5.69 Å². The molecule has 0 aliphatic rings. The SMILES string of the molecule is O=c1[nH]c(=O)n(Cc2ccccc2)c2nc3n(CCCCO)c(-c4ccc(NCCCCO)cc4)cn3c12. The topological polar surface area (TPSA) is 130 Å². The molecule has 5 rings (SSSR count). The summed E-state index contributed by atoms with van der Waals surface area (Å²) in [5.41, 5.74) is 3.44. The molecule has 0 fully saturated rings. The summed E-state index contributed by atoms with van der Waals surface area (Å²) in [6.07, 6.45) is 4.91. The second-order valence-corrected chi connectivity index (χ2v) is 9.32. The number of aryl methyl sites for hydroxylation is 1. The van der Waals surface area contributed by atoms with Crippen LogP contribution in [0, 0.1) is 0 Å². The maximum atomic E-state index is 13.0. The Labute approximate surface area is 218 Å². The molecule has 38 heavy (non-hydrogen) atoms. The Bertz CT molecular complexity index is 1630. The molecule has 0 aliphatic heterocycles. The van der Waals surface area contributed by atoms with Gasteiger partial charge in [-0.1, -0.05) is 42.5 Å². The average Bonchev–Trinajstić information content (AvgIpc) is 3.47. The van der Waals surface area contributed by atoms with E-state index >= 15 is 0 Å². The number of aromatic nitrogens is 5. The zero-order valence-electron chi connectivity index (χ0n) is 21.1. The molecule has 4 N–H and O–H groups in total. The van der Waals surface area contributed by atoms with Crippen LogP contribution in [0.25, 0.3) is 28.2 Å². The van der Waals surface area contributed by atoms with E-state index in [1.165, 1.54) is 4.57 Å². The number of fused-ring (bicyclic) bond motifs is 3. The van der Waals surface area contributed by atoms with Crippen LogP contribution in [0.15, 0.2) is 70.4 Å². The molecular formula is C28H32N6O4. The Kier molecular flexibility index (Phi) is 7.71. The summed E-state index contributed by atoms with van der Waals surface area (Å²) in [5.74, 6) is 0.567. The van der Waals surface area contributed by atoms with Gasteiger partial charge in [0, 0.05) is 38.2 Å². The van der Waals surface area contributed by atoms with Gasteiger partial charge in [0.1, 0.15) is 0 Å². The van der Waals surface area contributed by atoms with Crippen LogP contribution in [-0.4, -0.2) is 53.5 Å². The van der Waals surface area contributed by atoms with Crippen molar-refractivity contribution in [1.29, 1.82) is 0 Å². The summed E-state index contributed by atoms with van der Waals surface area (Å²) >= 11 is 0. The first kappa shape index (κ1) is 25.5. The van der Waals surface area contributed by atoms with E-state index in [0.717, 1.165) is 48.3 Å². The summed E-state index contributed by atoms with van der Waals surface area (Å²) in [5, 5.41) is 21.7. The van der Waals surface area contributed by atoms with Crippen LogP contribution in [0.3, 0.4) is 0 Å². The summed E-state index contributed by atoms with van der Waals surface area (Å²) < 4.78 is 5.29. The predicted octanol–water partition coefficient (Wildman–Crippen LogP) is 2.81. The summed E-state index contributed by atoms with van der Waals surface area (Å²) in [6, 6.07) is 17.6. The van der Waals surface area contributed by atoms with Crippen LogP contribution in [0.2, 0.25) is 0 Å². The van der Waals surface area contributed by atoms with E-state index in [2.05, 4.69) is 10.3 Å². The Balaban J connectivity index is 1.58. The molecule has 198 valence electrons. The monoisotopic (exact) mass is 516 g/mol. The molecule has 5 aromatic rings. The number of hydrogen-bond acceptors (Lipinski definition) is 6. The van der Waals surface area contributed by atoms with E-state index in [1.54, 1.807) is 4.40 Å². The van der Waals surface area contributed by atoms with Crippen molar-refractivity contribution in [3.05, 3.63) is 87.2 Å². The predicted molar refractivity (Wildman–Crippen MR) is 148 cm³/mol. The van der Waals surface area contributed by atoms with Crippen molar-refractivity contribution in [3.63, 3.8) is 0 Å². The number of H-pyrrole nitrogens is 1. The number of nitrogens with zero attached hydrogens (tertiary/aromatic N) is 4. The van der Waals surface area contributed by atoms with Gasteiger partial charge in [0.15, 0.2) is 11.2 Å². The van der Waals surface area contributed by atoms with Crippen molar-refractivity contribution in [2.45, 2.75) is 38.8 Å². The molecule has 0 amide bonds. The molecule has 10 heteroatoms. The molecule has 10 nitrogen and oxygen atoms in total. The number of aliphatic hydroxyl groups is 2. The van der Waals surface area contributed by atoms with Crippen molar-refractivity contribution in [3.8, 4) is 11.3 Å². The van der Waals surface area contributed by atoms with Gasteiger partial charge in [0.25, 0.3) is 5.56 Å². The highest BCUT2D eigenvalue weighted by molar-refractivity contribution is 5.78. The van der Waals surface area contributed by atoms with E-state index in [4.69, 9.17) is 10.1 Å². The fourth-order valence-corrected chi connectivity index (χ4v) is 4.71. The molecule has 0 unspecified atom stereocenters. The van der Waals surface area contributed by atoms with Crippen LogP contribution in [-0.2, 0) is 13.1 Å². The van der Waals surface area contributed by atoms with Gasteiger partial charge in [0.2, 0.25) is 5.78 Å². The lowest BCUT2D eigenvalue weighted by Crippen LogP contribution is -2.31. The zero-order valence-corrected chi connectivity index (χ0v) is 21.1. The molecule has 0 atom stereocenters. The number of nitrogens with one attached hydrogen (secondary N) is 2. The Hall–Kier alpha value is -4.15. The maximum Gasteiger partial charge on any atom is 0.330 e. The highest BCUT2D eigenvalue weighted by Gasteiger charge is 2.20. The maximum absolute atomic E-state index is 13.0. The molecule has 0 saturated carbocycles. The van der Waals surface area contributed by atoms with Crippen molar-refractivity contribution < 1.29 is 10.2 Å². The van der Waals surface area contributed by atoms with Crippen LogP contribution < -0.4 is 16.6 Å². The number of unbranched alkanes of at least 4 members (excludes halogenated alkanes) is 2. The molecule has 0 bridgehead atoms. The van der Waals surface area contributed by atoms with E-state index in [1.807, 2.05) is 65.4 Å². The largest absolute Gasteiger partial charge is 0.396 e. The minimum Gasteiger partial charge on any atom is -0.396 e. The second-order valence-electron chi connectivity index (χ2n) is 9.32.